The molecule has 1 unspecified atom stereocenters. The van der Waals surface area contributed by atoms with Crippen LogP contribution in [-0.4, -0.2) is 55.6 Å². The molecule has 4 nitrogen and oxygen atoms in total. The summed E-state index contributed by atoms with van der Waals surface area (Å²) < 4.78 is 0. The van der Waals surface area contributed by atoms with Crippen LogP contribution in [0.15, 0.2) is 0 Å². The highest BCUT2D eigenvalue weighted by Crippen LogP contribution is 1.91. The molecule has 0 aromatic heterocycles. The van der Waals surface area contributed by atoms with E-state index in [1.165, 1.54) is 0 Å². The van der Waals surface area contributed by atoms with Crippen LogP contribution in [0.3, 0.4) is 0 Å². The summed E-state index contributed by atoms with van der Waals surface area (Å²) in [4.78, 5) is 15.4. The normalized spacial score (nSPS) is 12.7. The minimum atomic E-state index is 0.0312. The van der Waals surface area contributed by atoms with E-state index in [0.717, 1.165) is 13.1 Å². The summed E-state index contributed by atoms with van der Waals surface area (Å²) in [5, 5.41) is 2.91. The van der Waals surface area contributed by atoms with Crippen molar-refractivity contribution in [3.63, 3.8) is 0 Å². The molecule has 0 saturated carbocycles. The number of likely N-dealkylation sites (N-methyl/N-ethyl adjacent to an activating group) is 1. The summed E-state index contributed by atoms with van der Waals surface area (Å²) in [7, 11) is 4.02. The first-order valence-corrected chi connectivity index (χ1v) is 5.22. The average Bonchev–Trinajstić information content (AvgIpc) is 2.15. The Morgan fingerprint density at radius 2 is 1.79 bits per heavy atom. The van der Waals surface area contributed by atoms with Gasteiger partial charge in [-0.3, -0.25) is 0 Å². The highest BCUT2D eigenvalue weighted by atomic mass is 16.2. The monoisotopic (exact) mass is 201 g/mol. The molecule has 0 rings (SSSR count). The summed E-state index contributed by atoms with van der Waals surface area (Å²) >= 11 is 0. The predicted molar refractivity (Wildman–Crippen MR) is 59.5 cm³/mol. The van der Waals surface area contributed by atoms with Crippen molar-refractivity contribution in [3.8, 4) is 0 Å². The van der Waals surface area contributed by atoms with Crippen molar-refractivity contribution in [1.29, 1.82) is 0 Å². The number of hydrogen-bond acceptors (Lipinski definition) is 2. The number of nitrogens with one attached hydrogen (secondary N) is 1. The van der Waals surface area contributed by atoms with Gasteiger partial charge in [0.2, 0.25) is 0 Å². The zero-order chi connectivity index (χ0) is 11.1. The lowest BCUT2D eigenvalue weighted by atomic mass is 10.3. The van der Waals surface area contributed by atoms with Crippen molar-refractivity contribution in [2.24, 2.45) is 0 Å². The molecule has 0 bridgehead atoms. The lowest BCUT2D eigenvalue weighted by molar-refractivity contribution is 0.198. The summed E-state index contributed by atoms with van der Waals surface area (Å²) in [5.41, 5.74) is 0. The first kappa shape index (κ1) is 13.2. The second kappa shape index (κ2) is 6.65. The first-order valence-electron chi connectivity index (χ1n) is 5.22. The topological polar surface area (TPSA) is 35.6 Å². The van der Waals surface area contributed by atoms with Gasteiger partial charge >= 0.3 is 6.03 Å². The maximum atomic E-state index is 11.5. The van der Waals surface area contributed by atoms with Gasteiger partial charge in [-0.2, -0.15) is 0 Å². The van der Waals surface area contributed by atoms with E-state index in [4.69, 9.17) is 0 Å². The molecule has 84 valence electrons. The fourth-order valence-corrected chi connectivity index (χ4v) is 1.04. The van der Waals surface area contributed by atoms with Crippen molar-refractivity contribution >= 4 is 6.03 Å². The Morgan fingerprint density at radius 3 is 2.14 bits per heavy atom. The third kappa shape index (κ3) is 4.46. The molecule has 0 fully saturated rings. The fourth-order valence-electron chi connectivity index (χ4n) is 1.04. The molecule has 1 N–H and O–H groups in total. The summed E-state index contributed by atoms with van der Waals surface area (Å²) in [6.45, 7) is 8.28. The van der Waals surface area contributed by atoms with Gasteiger partial charge in [-0.15, -0.1) is 0 Å². The molecule has 0 aromatic carbocycles. The van der Waals surface area contributed by atoms with Crippen LogP contribution in [0.25, 0.3) is 0 Å². The van der Waals surface area contributed by atoms with Crippen LogP contribution in [0.1, 0.15) is 20.8 Å². The van der Waals surface area contributed by atoms with Gasteiger partial charge in [0.15, 0.2) is 0 Å². The molecule has 4 heteroatoms. The molecular weight excluding hydrogens is 178 g/mol. The largest absolute Gasteiger partial charge is 0.336 e. The van der Waals surface area contributed by atoms with Crippen LogP contribution >= 0.6 is 0 Å². The van der Waals surface area contributed by atoms with E-state index in [9.17, 15) is 4.79 Å². The Hall–Kier alpha value is -0.770. The number of amides is 2. The van der Waals surface area contributed by atoms with Crippen molar-refractivity contribution < 1.29 is 4.79 Å². The van der Waals surface area contributed by atoms with Gasteiger partial charge in [-0.25, -0.2) is 4.79 Å². The number of rotatable bonds is 5. The van der Waals surface area contributed by atoms with E-state index in [1.54, 1.807) is 4.90 Å². The second-order valence-corrected chi connectivity index (χ2v) is 3.67. The van der Waals surface area contributed by atoms with Crippen molar-refractivity contribution in [3.05, 3.63) is 0 Å². The Kier molecular flexibility index (Phi) is 6.28. The molecule has 0 heterocycles. The lowest BCUT2D eigenvalue weighted by Crippen LogP contribution is -2.44. The third-order valence-electron chi connectivity index (χ3n) is 2.48. The molecule has 0 radical (unpaired) electrons. The van der Waals surface area contributed by atoms with E-state index in [2.05, 4.69) is 17.1 Å². The molecule has 0 spiro atoms. The van der Waals surface area contributed by atoms with Gasteiger partial charge in [0.25, 0.3) is 0 Å². The molecular formula is C10H23N3O. The molecule has 0 aliphatic rings. The van der Waals surface area contributed by atoms with Crippen LogP contribution in [0.5, 0.6) is 0 Å². The first-order chi connectivity index (χ1) is 6.52. The Morgan fingerprint density at radius 1 is 1.29 bits per heavy atom. The Balaban J connectivity index is 3.83. The van der Waals surface area contributed by atoms with E-state index >= 15 is 0 Å². The standard InChI is InChI=1S/C10H23N3O/c1-6-13(7-2)10(14)11-8-9(3)12(4)5/h9H,6-8H2,1-5H3,(H,11,14). The third-order valence-corrected chi connectivity index (χ3v) is 2.48. The van der Waals surface area contributed by atoms with Crippen molar-refractivity contribution in [1.82, 2.24) is 15.1 Å². The molecule has 0 saturated heterocycles. The molecule has 1 atom stereocenters. The second-order valence-electron chi connectivity index (χ2n) is 3.67. The Bertz CT molecular complexity index is 167. The van der Waals surface area contributed by atoms with E-state index in [0.29, 0.717) is 12.6 Å². The zero-order valence-corrected chi connectivity index (χ0v) is 10.0. The zero-order valence-electron chi connectivity index (χ0n) is 10.0. The van der Waals surface area contributed by atoms with Gasteiger partial charge < -0.3 is 15.1 Å². The van der Waals surface area contributed by atoms with Crippen LogP contribution in [0, 0.1) is 0 Å². The number of hydrogen-bond donors (Lipinski definition) is 1. The van der Waals surface area contributed by atoms with Crippen LogP contribution in [0.2, 0.25) is 0 Å². The van der Waals surface area contributed by atoms with E-state index in [-0.39, 0.29) is 6.03 Å². The smallest absolute Gasteiger partial charge is 0.317 e. The maximum Gasteiger partial charge on any atom is 0.317 e. The SMILES string of the molecule is CCN(CC)C(=O)NCC(C)N(C)C. The molecule has 0 aliphatic heterocycles. The van der Waals surface area contributed by atoms with Crippen LogP contribution < -0.4 is 5.32 Å². The number of urea groups is 1. The van der Waals surface area contributed by atoms with Gasteiger partial charge in [0, 0.05) is 25.7 Å². The summed E-state index contributed by atoms with van der Waals surface area (Å²) in [6, 6.07) is 0.401. The molecule has 0 aliphatic carbocycles. The molecule has 14 heavy (non-hydrogen) atoms. The number of nitrogens with zero attached hydrogens (tertiary/aromatic N) is 2. The van der Waals surface area contributed by atoms with Gasteiger partial charge in [0.1, 0.15) is 0 Å². The Labute approximate surface area is 87.3 Å². The fraction of sp³-hybridized carbons (Fsp3) is 0.900. The van der Waals surface area contributed by atoms with E-state index < -0.39 is 0 Å². The maximum absolute atomic E-state index is 11.5. The number of carbonyl (C=O) groups is 1. The van der Waals surface area contributed by atoms with Gasteiger partial charge in [0.05, 0.1) is 0 Å². The van der Waals surface area contributed by atoms with Crippen molar-refractivity contribution in [2.45, 2.75) is 26.8 Å². The lowest BCUT2D eigenvalue weighted by Gasteiger charge is -2.23. The van der Waals surface area contributed by atoms with Crippen molar-refractivity contribution in [2.75, 3.05) is 33.7 Å². The quantitative estimate of drug-likeness (QED) is 0.720. The highest BCUT2D eigenvalue weighted by molar-refractivity contribution is 5.74. The predicted octanol–water partition coefficient (Wildman–Crippen LogP) is 0.988. The molecule has 2 amide bonds. The minimum absolute atomic E-state index is 0.0312. The van der Waals surface area contributed by atoms with Crippen LogP contribution in [0.4, 0.5) is 4.79 Å². The summed E-state index contributed by atoms with van der Waals surface area (Å²) in [5.74, 6) is 0. The van der Waals surface area contributed by atoms with E-state index in [1.807, 2.05) is 27.9 Å². The van der Waals surface area contributed by atoms with Gasteiger partial charge in [-0.05, 0) is 34.9 Å². The average molecular weight is 201 g/mol. The minimum Gasteiger partial charge on any atom is -0.336 e. The summed E-state index contributed by atoms with van der Waals surface area (Å²) in [6.07, 6.45) is 0. The molecule has 0 aromatic rings. The van der Waals surface area contributed by atoms with Crippen LogP contribution in [-0.2, 0) is 0 Å². The highest BCUT2D eigenvalue weighted by Gasteiger charge is 2.10. The van der Waals surface area contributed by atoms with Gasteiger partial charge in [-0.1, -0.05) is 0 Å². The number of carbonyl (C=O) groups excluding carboxylic acids is 1.